The predicted octanol–water partition coefficient (Wildman–Crippen LogP) is 6.32. The average molecular weight is 439 g/mol. The van der Waals surface area contributed by atoms with E-state index in [0.717, 1.165) is 37.7 Å². The minimum absolute atomic E-state index is 0.285. The highest BCUT2D eigenvalue weighted by Crippen LogP contribution is 2.41. The Morgan fingerprint density at radius 2 is 1.21 bits per heavy atom. The van der Waals surface area contributed by atoms with Gasteiger partial charge in [-0.3, -0.25) is 0 Å². The number of hydrogen-bond acceptors (Lipinski definition) is 5. The van der Waals surface area contributed by atoms with Gasteiger partial charge in [0.05, 0.1) is 6.61 Å². The van der Waals surface area contributed by atoms with Crippen LogP contribution in [0.3, 0.4) is 0 Å². The molecule has 0 aromatic heterocycles. The molecule has 0 unspecified atom stereocenters. The van der Waals surface area contributed by atoms with E-state index >= 15 is 0 Å². The number of unbranched alkanes of at least 4 members (excludes halogenated alkanes) is 13. The molecule has 0 rings (SSSR count). The average Bonchev–Trinajstić information content (AvgIpc) is 2.62. The van der Waals surface area contributed by atoms with Gasteiger partial charge >= 0.3 is 13.8 Å². The topological polar surface area (TPSA) is 93.1 Å². The molecular formula is C20H39O6PS. The van der Waals surface area contributed by atoms with Gasteiger partial charge in [-0.25, -0.2) is 13.3 Å². The van der Waals surface area contributed by atoms with E-state index in [1.807, 2.05) is 0 Å². The lowest BCUT2D eigenvalue weighted by Crippen LogP contribution is -2.05. The second-order valence-electron chi connectivity index (χ2n) is 7.25. The van der Waals surface area contributed by atoms with Crippen LogP contribution >= 0.6 is 19.9 Å². The summed E-state index contributed by atoms with van der Waals surface area (Å²) in [4.78, 5) is 28.3. The molecule has 28 heavy (non-hydrogen) atoms. The first-order valence-corrected chi connectivity index (χ1v) is 13.0. The number of phosphoric acid groups is 1. The van der Waals surface area contributed by atoms with E-state index in [2.05, 4.69) is 10.5 Å². The van der Waals surface area contributed by atoms with Gasteiger partial charge in [-0.15, -0.1) is 0 Å². The molecule has 0 aliphatic carbocycles. The summed E-state index contributed by atoms with van der Waals surface area (Å²) < 4.78 is 19.9. The minimum Gasteiger partial charge on any atom is -0.462 e. The molecule has 0 spiro atoms. The smallest absolute Gasteiger partial charge is 0.462 e. The molecule has 166 valence electrons. The van der Waals surface area contributed by atoms with E-state index in [-0.39, 0.29) is 5.97 Å². The normalized spacial score (nSPS) is 11.5. The van der Waals surface area contributed by atoms with Crippen LogP contribution in [0.2, 0.25) is 0 Å². The molecule has 0 radical (unpaired) electrons. The van der Waals surface area contributed by atoms with Crippen LogP contribution in [-0.2, 0) is 18.1 Å². The maximum atomic E-state index is 11.2. The van der Waals surface area contributed by atoms with E-state index in [0.29, 0.717) is 17.9 Å². The summed E-state index contributed by atoms with van der Waals surface area (Å²) in [5.74, 6) is 0.344. The van der Waals surface area contributed by atoms with Crippen LogP contribution in [0.15, 0.2) is 12.2 Å². The number of hydrogen-bond donors (Lipinski definition) is 2. The third kappa shape index (κ3) is 22.0. The van der Waals surface area contributed by atoms with Crippen molar-refractivity contribution in [2.24, 2.45) is 0 Å². The van der Waals surface area contributed by atoms with Gasteiger partial charge in [-0.1, -0.05) is 83.6 Å². The van der Waals surface area contributed by atoms with Crippen molar-refractivity contribution in [3.63, 3.8) is 0 Å². The number of rotatable bonds is 20. The molecule has 0 atom stereocenters. The Hall–Kier alpha value is -0.330. The Kier molecular flexibility index (Phi) is 18.5. The first-order valence-electron chi connectivity index (χ1n) is 10.5. The summed E-state index contributed by atoms with van der Waals surface area (Å²) in [7, 11) is -4.32. The van der Waals surface area contributed by atoms with Crippen LogP contribution in [0.5, 0.6) is 0 Å². The third-order valence-electron chi connectivity index (χ3n) is 4.35. The van der Waals surface area contributed by atoms with Gasteiger partial charge in [0.15, 0.2) is 0 Å². The molecule has 0 amide bonds. The second-order valence-corrected chi connectivity index (χ2v) is 9.47. The molecule has 0 fully saturated rings. The molecule has 0 aromatic rings. The maximum Gasteiger partial charge on any atom is 0.480 e. The standard InChI is InChI=1S/C20H39O6PS/c1-19(2)20(21)25-17-15-13-11-9-7-5-3-4-6-8-10-12-14-16-18-28-26-27(22,23)24/h1,3-18H2,2H3,(H2,22,23,24). The number of carbonyl (C=O) groups is 1. The van der Waals surface area contributed by atoms with Crippen molar-refractivity contribution in [3.05, 3.63) is 12.2 Å². The Balaban J connectivity index is 3.11. The molecule has 0 aliphatic rings. The van der Waals surface area contributed by atoms with E-state index < -0.39 is 7.82 Å². The van der Waals surface area contributed by atoms with Crippen molar-refractivity contribution in [1.82, 2.24) is 0 Å². The van der Waals surface area contributed by atoms with E-state index in [9.17, 15) is 9.36 Å². The summed E-state index contributed by atoms with van der Waals surface area (Å²) in [6.45, 7) is 5.73. The van der Waals surface area contributed by atoms with Crippen LogP contribution in [0.4, 0.5) is 0 Å². The van der Waals surface area contributed by atoms with Crippen LogP contribution in [0.25, 0.3) is 0 Å². The molecule has 2 N–H and O–H groups in total. The van der Waals surface area contributed by atoms with Crippen molar-refractivity contribution in [1.29, 1.82) is 0 Å². The molecule has 0 bridgehead atoms. The lowest BCUT2D eigenvalue weighted by molar-refractivity contribution is -0.139. The van der Waals surface area contributed by atoms with E-state index in [1.165, 1.54) is 64.2 Å². The van der Waals surface area contributed by atoms with Gasteiger partial charge in [-0.05, 0) is 19.8 Å². The lowest BCUT2D eigenvalue weighted by Gasteiger charge is -2.05. The molecule has 0 saturated carbocycles. The molecule has 0 aromatic carbocycles. The first-order chi connectivity index (χ1) is 13.3. The van der Waals surface area contributed by atoms with Crippen LogP contribution in [-0.4, -0.2) is 28.1 Å². The highest BCUT2D eigenvalue weighted by Gasteiger charge is 2.13. The minimum atomic E-state index is -4.32. The van der Waals surface area contributed by atoms with Crippen LogP contribution < -0.4 is 0 Å². The zero-order valence-corrected chi connectivity index (χ0v) is 19.1. The molecule has 0 saturated heterocycles. The summed E-state index contributed by atoms with van der Waals surface area (Å²) in [5.41, 5.74) is 0.463. The number of carbonyl (C=O) groups excluding carboxylic acids is 1. The Labute approximate surface area is 175 Å². The zero-order valence-electron chi connectivity index (χ0n) is 17.4. The predicted molar refractivity (Wildman–Crippen MR) is 116 cm³/mol. The fourth-order valence-electron chi connectivity index (χ4n) is 2.78. The first kappa shape index (κ1) is 27.7. The van der Waals surface area contributed by atoms with Gasteiger partial charge < -0.3 is 14.5 Å². The fraction of sp³-hybridized carbons (Fsp3) is 0.850. The molecule has 0 aliphatic heterocycles. The van der Waals surface area contributed by atoms with E-state index in [1.54, 1.807) is 6.92 Å². The molecule has 0 heterocycles. The van der Waals surface area contributed by atoms with Gasteiger partial charge in [0.2, 0.25) is 0 Å². The van der Waals surface area contributed by atoms with Crippen molar-refractivity contribution in [2.45, 2.75) is 96.8 Å². The van der Waals surface area contributed by atoms with Gasteiger partial charge in [-0.2, -0.15) is 0 Å². The summed E-state index contributed by atoms with van der Waals surface area (Å²) >= 11 is 0.863. The van der Waals surface area contributed by atoms with Gasteiger partial charge in [0.1, 0.15) is 0 Å². The SMILES string of the molecule is C=C(C)C(=O)OCCCCCCCCCCCCCCCCSOP(=O)(O)O. The van der Waals surface area contributed by atoms with Crippen molar-refractivity contribution in [3.8, 4) is 0 Å². The lowest BCUT2D eigenvalue weighted by atomic mass is 10.0. The second kappa shape index (κ2) is 18.7. The van der Waals surface area contributed by atoms with Gasteiger partial charge in [0, 0.05) is 23.4 Å². The monoisotopic (exact) mass is 438 g/mol. The summed E-state index contributed by atoms with van der Waals surface area (Å²) in [6, 6.07) is 0. The van der Waals surface area contributed by atoms with E-state index in [4.69, 9.17) is 14.5 Å². The Bertz CT molecular complexity index is 452. The summed E-state index contributed by atoms with van der Waals surface area (Å²) in [6.07, 6.45) is 16.8. The number of esters is 1. The zero-order chi connectivity index (χ0) is 21.1. The molecule has 8 heteroatoms. The third-order valence-corrected chi connectivity index (χ3v) is 6.01. The molecule has 6 nitrogen and oxygen atoms in total. The fourth-order valence-corrected chi connectivity index (χ4v) is 3.95. The highest BCUT2D eigenvalue weighted by atomic mass is 32.2. The summed E-state index contributed by atoms with van der Waals surface area (Å²) in [5, 5.41) is 0. The molecular weight excluding hydrogens is 399 g/mol. The Morgan fingerprint density at radius 3 is 1.61 bits per heavy atom. The largest absolute Gasteiger partial charge is 0.480 e. The number of ether oxygens (including phenoxy) is 1. The Morgan fingerprint density at radius 1 is 0.821 bits per heavy atom. The van der Waals surface area contributed by atoms with Gasteiger partial charge in [0.25, 0.3) is 0 Å². The van der Waals surface area contributed by atoms with Crippen molar-refractivity contribution < 1.29 is 27.9 Å². The van der Waals surface area contributed by atoms with Crippen molar-refractivity contribution >= 4 is 25.8 Å². The maximum absolute atomic E-state index is 11.2. The van der Waals surface area contributed by atoms with Crippen LogP contribution in [0, 0.1) is 0 Å². The van der Waals surface area contributed by atoms with Crippen molar-refractivity contribution in [2.75, 3.05) is 12.4 Å². The highest BCUT2D eigenvalue weighted by molar-refractivity contribution is 7.97. The quantitative estimate of drug-likeness (QED) is 0.0754. The van der Waals surface area contributed by atoms with Crippen LogP contribution in [0.1, 0.15) is 96.8 Å².